The highest BCUT2D eigenvalue weighted by Gasteiger charge is 2.08. The minimum atomic E-state index is -0.154. The molecule has 0 saturated heterocycles. The molecule has 19 heavy (non-hydrogen) atoms. The van der Waals surface area contributed by atoms with Crippen LogP contribution in [0.2, 0.25) is 0 Å². The number of aromatic nitrogens is 1. The van der Waals surface area contributed by atoms with Crippen molar-refractivity contribution >= 4 is 39.6 Å². The summed E-state index contributed by atoms with van der Waals surface area (Å²) in [6.45, 7) is 2.18. The Kier molecular flexibility index (Phi) is 4.64. The number of nitrogens with one attached hydrogen (secondary N) is 2. The van der Waals surface area contributed by atoms with Gasteiger partial charge in [-0.2, -0.15) is 11.3 Å². The maximum Gasteiger partial charge on any atom is 0.252 e. The number of amides is 2. The predicted molar refractivity (Wildman–Crippen MR) is 76.7 cm³/mol. The van der Waals surface area contributed by atoms with Crippen molar-refractivity contribution in [3.63, 3.8) is 0 Å². The monoisotopic (exact) mass is 295 g/mol. The van der Waals surface area contributed by atoms with E-state index in [0.29, 0.717) is 17.2 Å². The van der Waals surface area contributed by atoms with Crippen molar-refractivity contribution in [3.8, 4) is 0 Å². The molecule has 2 aromatic rings. The summed E-state index contributed by atoms with van der Waals surface area (Å²) in [4.78, 5) is 27.3. The largest absolute Gasteiger partial charge is 0.351 e. The zero-order valence-corrected chi connectivity index (χ0v) is 11.9. The van der Waals surface area contributed by atoms with Crippen molar-refractivity contribution in [1.29, 1.82) is 0 Å². The van der Waals surface area contributed by atoms with E-state index in [1.165, 1.54) is 22.7 Å². The fourth-order valence-electron chi connectivity index (χ4n) is 1.38. The molecule has 2 amide bonds. The Morgan fingerprint density at radius 1 is 1.37 bits per heavy atom. The summed E-state index contributed by atoms with van der Waals surface area (Å²) in [5.41, 5.74) is 1.51. The second-order valence-corrected chi connectivity index (χ2v) is 5.50. The second kappa shape index (κ2) is 6.44. The van der Waals surface area contributed by atoms with Gasteiger partial charge < -0.3 is 10.6 Å². The van der Waals surface area contributed by atoms with Gasteiger partial charge >= 0.3 is 0 Å². The summed E-state index contributed by atoms with van der Waals surface area (Å²) in [6.07, 6.45) is 0.231. The second-order valence-electron chi connectivity index (χ2n) is 3.86. The van der Waals surface area contributed by atoms with Crippen molar-refractivity contribution in [3.05, 3.63) is 33.5 Å². The van der Waals surface area contributed by atoms with Crippen molar-refractivity contribution < 1.29 is 9.59 Å². The molecule has 0 bridgehead atoms. The van der Waals surface area contributed by atoms with Gasteiger partial charge in [0.1, 0.15) is 0 Å². The lowest BCUT2D eigenvalue weighted by atomic mass is 10.3. The van der Waals surface area contributed by atoms with E-state index >= 15 is 0 Å². The number of anilines is 1. The van der Waals surface area contributed by atoms with Crippen LogP contribution in [0.25, 0.3) is 0 Å². The lowest BCUT2D eigenvalue weighted by molar-refractivity contribution is -0.116. The smallest absolute Gasteiger partial charge is 0.252 e. The van der Waals surface area contributed by atoms with Crippen LogP contribution in [0.15, 0.2) is 22.2 Å². The molecule has 0 aromatic carbocycles. The van der Waals surface area contributed by atoms with Crippen LogP contribution >= 0.6 is 22.7 Å². The Morgan fingerprint density at radius 3 is 2.84 bits per heavy atom. The zero-order valence-electron chi connectivity index (χ0n) is 10.3. The first kappa shape index (κ1) is 13.7. The van der Waals surface area contributed by atoms with Crippen LogP contribution < -0.4 is 10.6 Å². The third-order valence-corrected chi connectivity index (χ3v) is 3.85. The van der Waals surface area contributed by atoms with Gasteiger partial charge in [-0.15, -0.1) is 11.3 Å². The average molecular weight is 295 g/mol. The highest BCUT2D eigenvalue weighted by molar-refractivity contribution is 7.13. The fraction of sp³-hybridized carbons (Fsp3) is 0.250. The van der Waals surface area contributed by atoms with E-state index in [0.717, 1.165) is 5.69 Å². The summed E-state index contributed by atoms with van der Waals surface area (Å²) in [6, 6.07) is 1.75. The van der Waals surface area contributed by atoms with E-state index in [1.54, 1.807) is 11.4 Å². The Hall–Kier alpha value is -1.73. The summed E-state index contributed by atoms with van der Waals surface area (Å²) < 4.78 is 0. The van der Waals surface area contributed by atoms with Crippen LogP contribution in [0, 0.1) is 6.92 Å². The molecule has 7 heteroatoms. The van der Waals surface area contributed by atoms with Crippen LogP contribution in [-0.4, -0.2) is 23.3 Å². The molecule has 0 unspecified atom stereocenters. The van der Waals surface area contributed by atoms with Gasteiger partial charge in [-0.1, -0.05) is 0 Å². The van der Waals surface area contributed by atoms with Crippen molar-refractivity contribution in [1.82, 2.24) is 10.3 Å². The number of carbonyl (C=O) groups is 2. The molecule has 2 aromatic heterocycles. The first-order valence-electron chi connectivity index (χ1n) is 5.67. The summed E-state index contributed by atoms with van der Waals surface area (Å²) in [5.74, 6) is -0.306. The Morgan fingerprint density at radius 2 is 2.21 bits per heavy atom. The highest BCUT2D eigenvalue weighted by atomic mass is 32.1. The molecule has 2 heterocycles. The quantitative estimate of drug-likeness (QED) is 0.889. The first-order valence-corrected chi connectivity index (χ1v) is 7.50. The van der Waals surface area contributed by atoms with Crippen LogP contribution in [0.3, 0.4) is 0 Å². The topological polar surface area (TPSA) is 71.1 Å². The standard InChI is InChI=1S/C12H13N3O2S2/c1-8-6-19-12(14-8)15-10(16)2-4-13-11(17)9-3-5-18-7-9/h3,5-7H,2,4H2,1H3,(H,13,17)(H,14,15,16). The van der Waals surface area contributed by atoms with E-state index in [9.17, 15) is 9.59 Å². The minimum Gasteiger partial charge on any atom is -0.351 e. The number of aryl methyl sites for hydroxylation is 1. The maximum atomic E-state index is 11.6. The van der Waals surface area contributed by atoms with E-state index in [-0.39, 0.29) is 18.2 Å². The SMILES string of the molecule is Cc1csc(NC(=O)CCNC(=O)c2ccsc2)n1. The molecular weight excluding hydrogens is 282 g/mol. The van der Waals surface area contributed by atoms with Crippen LogP contribution in [0.1, 0.15) is 22.5 Å². The number of rotatable bonds is 5. The van der Waals surface area contributed by atoms with Crippen molar-refractivity contribution in [2.24, 2.45) is 0 Å². The highest BCUT2D eigenvalue weighted by Crippen LogP contribution is 2.14. The molecule has 2 rings (SSSR count). The molecule has 5 nitrogen and oxygen atoms in total. The molecular formula is C12H13N3O2S2. The zero-order chi connectivity index (χ0) is 13.7. The third kappa shape index (κ3) is 4.15. The molecule has 2 N–H and O–H groups in total. The van der Waals surface area contributed by atoms with E-state index in [1.807, 2.05) is 17.7 Å². The fourth-order valence-corrected chi connectivity index (χ4v) is 2.72. The number of thiazole rings is 1. The Labute approximate surface area is 118 Å². The van der Waals surface area contributed by atoms with Gasteiger partial charge in [0, 0.05) is 29.3 Å². The van der Waals surface area contributed by atoms with Crippen molar-refractivity contribution in [2.75, 3.05) is 11.9 Å². The van der Waals surface area contributed by atoms with Gasteiger partial charge in [-0.05, 0) is 18.4 Å². The number of thiophene rings is 1. The molecule has 0 radical (unpaired) electrons. The number of carbonyl (C=O) groups excluding carboxylic acids is 2. The van der Waals surface area contributed by atoms with Gasteiger partial charge in [0.15, 0.2) is 5.13 Å². The van der Waals surface area contributed by atoms with Crippen LogP contribution in [-0.2, 0) is 4.79 Å². The molecule has 0 atom stereocenters. The molecule has 0 aliphatic carbocycles. The normalized spacial score (nSPS) is 10.2. The molecule has 0 spiro atoms. The minimum absolute atomic E-state index is 0.153. The Bertz CT molecular complexity index is 563. The molecule has 0 saturated carbocycles. The predicted octanol–water partition coefficient (Wildman–Crippen LogP) is 2.27. The number of hydrogen-bond donors (Lipinski definition) is 2. The summed E-state index contributed by atoms with van der Waals surface area (Å²) in [5, 5.41) is 11.5. The van der Waals surface area contributed by atoms with Gasteiger partial charge in [0.25, 0.3) is 5.91 Å². The van der Waals surface area contributed by atoms with Gasteiger partial charge in [-0.3, -0.25) is 9.59 Å². The van der Waals surface area contributed by atoms with Crippen LogP contribution in [0.4, 0.5) is 5.13 Å². The Balaban J connectivity index is 1.71. The maximum absolute atomic E-state index is 11.6. The molecule has 0 fully saturated rings. The number of nitrogens with zero attached hydrogens (tertiary/aromatic N) is 1. The number of hydrogen-bond acceptors (Lipinski definition) is 5. The van der Waals surface area contributed by atoms with Gasteiger partial charge in [0.2, 0.25) is 5.91 Å². The summed E-state index contributed by atoms with van der Waals surface area (Å²) in [7, 11) is 0. The lowest BCUT2D eigenvalue weighted by Crippen LogP contribution is -2.27. The van der Waals surface area contributed by atoms with E-state index in [2.05, 4.69) is 15.6 Å². The van der Waals surface area contributed by atoms with E-state index in [4.69, 9.17) is 0 Å². The molecule has 0 aliphatic rings. The average Bonchev–Trinajstić information content (AvgIpc) is 3.00. The lowest BCUT2D eigenvalue weighted by Gasteiger charge is -2.03. The van der Waals surface area contributed by atoms with E-state index < -0.39 is 0 Å². The van der Waals surface area contributed by atoms with Gasteiger partial charge in [-0.25, -0.2) is 4.98 Å². The molecule has 0 aliphatic heterocycles. The first-order chi connectivity index (χ1) is 9.15. The van der Waals surface area contributed by atoms with Crippen LogP contribution in [0.5, 0.6) is 0 Å². The summed E-state index contributed by atoms with van der Waals surface area (Å²) >= 11 is 2.85. The third-order valence-electron chi connectivity index (χ3n) is 2.29. The van der Waals surface area contributed by atoms with Gasteiger partial charge in [0.05, 0.1) is 5.69 Å². The van der Waals surface area contributed by atoms with Crippen molar-refractivity contribution in [2.45, 2.75) is 13.3 Å². The molecule has 100 valence electrons.